The van der Waals surface area contributed by atoms with Gasteiger partial charge in [0.1, 0.15) is 10.6 Å². The van der Waals surface area contributed by atoms with Gasteiger partial charge >= 0.3 is 0 Å². The number of fused-ring (bicyclic) bond motifs is 1. The highest BCUT2D eigenvalue weighted by atomic mass is 32.1. The van der Waals surface area contributed by atoms with E-state index in [1.54, 1.807) is 6.92 Å². The molecule has 16 heavy (non-hydrogen) atoms. The molecule has 0 bridgehead atoms. The first kappa shape index (κ1) is 11.1. The molecule has 0 aliphatic carbocycles. The molecule has 0 saturated heterocycles. The molecule has 2 rings (SSSR count). The summed E-state index contributed by atoms with van der Waals surface area (Å²) in [6.45, 7) is 2.15. The lowest BCUT2D eigenvalue weighted by atomic mass is 10.3. The lowest BCUT2D eigenvalue weighted by molar-refractivity contribution is 0.208. The maximum absolute atomic E-state index is 9.22. The van der Waals surface area contributed by atoms with Crippen LogP contribution in [0.25, 0.3) is 10.2 Å². The Bertz CT molecular complexity index is 484. The van der Waals surface area contributed by atoms with Crippen molar-refractivity contribution in [2.24, 2.45) is 5.84 Å². The van der Waals surface area contributed by atoms with Crippen LogP contribution in [0.1, 0.15) is 6.92 Å². The van der Waals surface area contributed by atoms with Crippen LogP contribution in [0.4, 0.5) is 11.8 Å². The molecular weight excluding hydrogens is 226 g/mol. The largest absolute Gasteiger partial charge is 0.392 e. The summed E-state index contributed by atoms with van der Waals surface area (Å²) in [6.07, 6.45) is -0.432. The predicted octanol–water partition coefficient (Wildman–Crippen LogP) is 0.770. The normalized spacial score (nSPS) is 12.7. The minimum Gasteiger partial charge on any atom is -0.392 e. The van der Waals surface area contributed by atoms with E-state index < -0.39 is 6.10 Å². The molecule has 2 aromatic rings. The molecule has 6 nitrogen and oxygen atoms in total. The van der Waals surface area contributed by atoms with Crippen molar-refractivity contribution in [2.75, 3.05) is 17.3 Å². The van der Waals surface area contributed by atoms with E-state index in [0.717, 1.165) is 10.2 Å². The van der Waals surface area contributed by atoms with Gasteiger partial charge in [0, 0.05) is 6.54 Å². The van der Waals surface area contributed by atoms with Crippen LogP contribution in [0.3, 0.4) is 0 Å². The maximum Gasteiger partial charge on any atom is 0.240 e. The summed E-state index contributed by atoms with van der Waals surface area (Å²) >= 11 is 1.52. The Kier molecular flexibility index (Phi) is 3.18. The number of nitrogens with two attached hydrogens (primary N) is 1. The van der Waals surface area contributed by atoms with E-state index in [9.17, 15) is 5.11 Å². The van der Waals surface area contributed by atoms with Crippen molar-refractivity contribution >= 4 is 33.3 Å². The zero-order valence-electron chi connectivity index (χ0n) is 8.77. The van der Waals surface area contributed by atoms with Gasteiger partial charge in [-0.3, -0.25) is 5.43 Å². The number of aromatic nitrogens is 2. The van der Waals surface area contributed by atoms with Crippen LogP contribution in [0.5, 0.6) is 0 Å². The van der Waals surface area contributed by atoms with Crippen molar-refractivity contribution in [3.63, 3.8) is 0 Å². The van der Waals surface area contributed by atoms with E-state index in [-0.39, 0.29) is 0 Å². The number of nitrogen functional groups attached to an aromatic ring is 1. The molecule has 7 heteroatoms. The number of aliphatic hydroxyl groups is 1. The van der Waals surface area contributed by atoms with Crippen molar-refractivity contribution in [2.45, 2.75) is 13.0 Å². The molecule has 0 fully saturated rings. The predicted molar refractivity (Wildman–Crippen MR) is 65.4 cm³/mol. The van der Waals surface area contributed by atoms with Gasteiger partial charge in [-0.05, 0) is 18.4 Å². The number of hydrogen-bond donors (Lipinski definition) is 4. The smallest absolute Gasteiger partial charge is 0.240 e. The quantitative estimate of drug-likeness (QED) is 0.465. The molecule has 0 aliphatic heterocycles. The fraction of sp³-hybridized carbons (Fsp3) is 0.333. The highest BCUT2D eigenvalue weighted by molar-refractivity contribution is 7.16. The first-order valence-electron chi connectivity index (χ1n) is 4.84. The van der Waals surface area contributed by atoms with Crippen molar-refractivity contribution < 1.29 is 5.11 Å². The topological polar surface area (TPSA) is 96.1 Å². The van der Waals surface area contributed by atoms with Crippen molar-refractivity contribution in [1.29, 1.82) is 0 Å². The number of anilines is 2. The number of rotatable bonds is 4. The second-order valence-corrected chi connectivity index (χ2v) is 4.30. The van der Waals surface area contributed by atoms with E-state index in [1.165, 1.54) is 11.3 Å². The Morgan fingerprint density at radius 3 is 3.06 bits per heavy atom. The Hall–Kier alpha value is -1.44. The van der Waals surface area contributed by atoms with Crippen LogP contribution in [-0.2, 0) is 0 Å². The van der Waals surface area contributed by atoms with Gasteiger partial charge in [-0.25, -0.2) is 10.8 Å². The monoisotopic (exact) mass is 239 g/mol. The zero-order valence-corrected chi connectivity index (χ0v) is 9.58. The van der Waals surface area contributed by atoms with Crippen LogP contribution in [-0.4, -0.2) is 27.7 Å². The number of thiophene rings is 1. The minimum absolute atomic E-state index is 0.364. The number of aliphatic hydroxyl groups excluding tert-OH is 1. The second-order valence-electron chi connectivity index (χ2n) is 3.41. The second kappa shape index (κ2) is 4.60. The average Bonchev–Trinajstić information content (AvgIpc) is 2.73. The summed E-state index contributed by atoms with van der Waals surface area (Å²) in [5, 5.41) is 15.1. The van der Waals surface area contributed by atoms with Gasteiger partial charge in [0.05, 0.1) is 11.5 Å². The van der Waals surface area contributed by atoms with Crippen LogP contribution < -0.4 is 16.6 Å². The van der Waals surface area contributed by atoms with Gasteiger partial charge in [0.15, 0.2) is 0 Å². The standard InChI is InChI=1S/C9H13N5OS/c1-5(15)4-11-7-6-2-3-16-8(6)13-9(12-7)14-10/h2-3,5,15H,4,10H2,1H3,(H2,11,12,13,14). The van der Waals surface area contributed by atoms with E-state index in [1.807, 2.05) is 11.4 Å². The summed E-state index contributed by atoms with van der Waals surface area (Å²) in [6, 6.07) is 1.94. The Morgan fingerprint density at radius 2 is 2.38 bits per heavy atom. The van der Waals surface area contributed by atoms with E-state index >= 15 is 0 Å². The highest BCUT2D eigenvalue weighted by Gasteiger charge is 2.08. The van der Waals surface area contributed by atoms with E-state index in [0.29, 0.717) is 18.3 Å². The molecule has 0 spiro atoms. The average molecular weight is 239 g/mol. The highest BCUT2D eigenvalue weighted by Crippen LogP contribution is 2.26. The van der Waals surface area contributed by atoms with Crippen molar-refractivity contribution in [1.82, 2.24) is 9.97 Å². The van der Waals surface area contributed by atoms with Crippen LogP contribution in [0.2, 0.25) is 0 Å². The maximum atomic E-state index is 9.22. The zero-order chi connectivity index (χ0) is 11.5. The summed E-state index contributed by atoms with van der Waals surface area (Å²) in [4.78, 5) is 9.27. The molecule has 2 heterocycles. The molecule has 0 aliphatic rings. The Morgan fingerprint density at radius 1 is 1.56 bits per heavy atom. The van der Waals surface area contributed by atoms with Crippen LogP contribution >= 0.6 is 11.3 Å². The first-order chi connectivity index (χ1) is 7.70. The van der Waals surface area contributed by atoms with Gasteiger partial charge in [-0.15, -0.1) is 11.3 Å². The fourth-order valence-corrected chi connectivity index (χ4v) is 2.06. The summed E-state index contributed by atoms with van der Waals surface area (Å²) in [7, 11) is 0. The molecule has 1 atom stereocenters. The third-order valence-electron chi connectivity index (χ3n) is 2.02. The van der Waals surface area contributed by atoms with Gasteiger partial charge < -0.3 is 10.4 Å². The van der Waals surface area contributed by atoms with Crippen molar-refractivity contribution in [3.8, 4) is 0 Å². The third-order valence-corrected chi connectivity index (χ3v) is 2.83. The summed E-state index contributed by atoms with van der Waals surface area (Å²) in [5.41, 5.74) is 2.42. The number of nitrogens with one attached hydrogen (secondary N) is 2. The Balaban J connectivity index is 2.36. The minimum atomic E-state index is -0.432. The van der Waals surface area contributed by atoms with Gasteiger partial charge in [0.25, 0.3) is 0 Å². The molecular formula is C9H13N5OS. The Labute approximate surface area is 96.5 Å². The molecule has 0 saturated carbocycles. The third kappa shape index (κ3) is 2.21. The number of hydrogen-bond acceptors (Lipinski definition) is 7. The number of hydrazine groups is 1. The molecule has 1 unspecified atom stereocenters. The lowest BCUT2D eigenvalue weighted by Gasteiger charge is -2.09. The van der Waals surface area contributed by atoms with E-state index in [4.69, 9.17) is 5.84 Å². The van der Waals surface area contributed by atoms with Gasteiger partial charge in [-0.1, -0.05) is 0 Å². The summed E-state index contributed by atoms with van der Waals surface area (Å²) in [5.74, 6) is 6.33. The molecule has 0 aromatic carbocycles. The van der Waals surface area contributed by atoms with Crippen LogP contribution in [0, 0.1) is 0 Å². The molecule has 5 N–H and O–H groups in total. The lowest BCUT2D eigenvalue weighted by Crippen LogP contribution is -2.17. The van der Waals surface area contributed by atoms with Crippen LogP contribution in [0.15, 0.2) is 11.4 Å². The van der Waals surface area contributed by atoms with Crippen molar-refractivity contribution in [3.05, 3.63) is 11.4 Å². The molecule has 0 amide bonds. The molecule has 2 aromatic heterocycles. The molecule has 0 radical (unpaired) electrons. The summed E-state index contributed by atoms with van der Waals surface area (Å²) < 4.78 is 0. The van der Waals surface area contributed by atoms with Gasteiger partial charge in [-0.2, -0.15) is 4.98 Å². The first-order valence-corrected chi connectivity index (χ1v) is 5.72. The number of nitrogens with zero attached hydrogens (tertiary/aromatic N) is 2. The van der Waals surface area contributed by atoms with E-state index in [2.05, 4.69) is 20.7 Å². The fourth-order valence-electron chi connectivity index (χ4n) is 1.30. The SMILES string of the molecule is CC(O)CNc1nc(NN)nc2sccc12. The van der Waals surface area contributed by atoms with Gasteiger partial charge in [0.2, 0.25) is 5.95 Å². The molecule has 86 valence electrons.